The third-order valence-corrected chi connectivity index (χ3v) is 5.35. The Bertz CT molecular complexity index is 376. The van der Waals surface area contributed by atoms with Crippen molar-refractivity contribution in [3.63, 3.8) is 0 Å². The summed E-state index contributed by atoms with van der Waals surface area (Å²) < 4.78 is 21.6. The minimum Gasteiger partial charge on any atom is -0.350 e. The Balaban J connectivity index is 2.72. The zero-order valence-corrected chi connectivity index (χ0v) is 11.0. The molecule has 0 bridgehead atoms. The van der Waals surface area contributed by atoms with Gasteiger partial charge in [0, 0.05) is 18.8 Å². The van der Waals surface area contributed by atoms with Gasteiger partial charge in [0.2, 0.25) is 5.91 Å². The first-order chi connectivity index (χ1) is 7.16. The van der Waals surface area contributed by atoms with E-state index in [1.807, 2.05) is 6.92 Å². The number of hydrogen-bond acceptors (Lipinski definition) is 4. The molecule has 6 heteroatoms. The Morgan fingerprint density at radius 2 is 1.94 bits per heavy atom. The first-order valence-corrected chi connectivity index (χ1v) is 7.26. The summed E-state index contributed by atoms with van der Waals surface area (Å²) in [5.74, 6) is -0.0881. The van der Waals surface area contributed by atoms with E-state index in [9.17, 15) is 13.2 Å². The summed E-state index contributed by atoms with van der Waals surface area (Å²) in [6, 6.07) is 0.0218. The average Bonchev–Trinajstić information content (AvgIpc) is 2.49. The molecule has 1 heterocycles. The molecule has 0 aliphatic carbocycles. The van der Waals surface area contributed by atoms with E-state index >= 15 is 0 Å². The quantitative estimate of drug-likeness (QED) is 0.708. The van der Waals surface area contributed by atoms with Crippen LogP contribution in [0.5, 0.6) is 0 Å². The van der Waals surface area contributed by atoms with E-state index in [4.69, 9.17) is 0 Å². The molecule has 1 saturated heterocycles. The molecule has 0 aromatic rings. The highest BCUT2D eigenvalue weighted by Crippen LogP contribution is 2.17. The molecule has 1 rings (SSSR count). The Morgan fingerprint density at radius 1 is 1.38 bits per heavy atom. The van der Waals surface area contributed by atoms with Gasteiger partial charge < -0.3 is 10.6 Å². The van der Waals surface area contributed by atoms with Gasteiger partial charge in [-0.15, -0.1) is 0 Å². The van der Waals surface area contributed by atoms with Gasteiger partial charge in [0.05, 0.1) is 0 Å². The van der Waals surface area contributed by atoms with Crippen LogP contribution in [0.15, 0.2) is 0 Å². The molecule has 0 spiro atoms. The monoisotopic (exact) mass is 248 g/mol. The van der Waals surface area contributed by atoms with Crippen LogP contribution in [-0.2, 0) is 14.6 Å². The molecule has 0 aromatic heterocycles. The summed E-state index contributed by atoms with van der Waals surface area (Å²) in [5.41, 5.74) is 0. The molecule has 2 atom stereocenters. The minimum atomic E-state index is -3.39. The SMILES string of the molecule is CC1CNCC1NC(=O)C(C)(C)S(C)(=O)=O. The first kappa shape index (κ1) is 13.4. The highest BCUT2D eigenvalue weighted by molar-refractivity contribution is 7.92. The third kappa shape index (κ3) is 2.55. The summed E-state index contributed by atoms with van der Waals surface area (Å²) in [6.45, 7) is 6.45. The highest BCUT2D eigenvalue weighted by Gasteiger charge is 2.40. The zero-order chi connectivity index (χ0) is 12.6. The molecule has 0 aromatic carbocycles. The number of amides is 1. The molecule has 1 aliphatic rings. The maximum atomic E-state index is 11.9. The standard InChI is InChI=1S/C10H20N2O3S/c1-7-5-11-6-8(7)12-9(13)10(2,3)16(4,14)15/h7-8,11H,5-6H2,1-4H3,(H,12,13). The molecule has 2 unspecified atom stereocenters. The van der Waals surface area contributed by atoms with E-state index in [-0.39, 0.29) is 6.04 Å². The van der Waals surface area contributed by atoms with Crippen molar-refractivity contribution in [1.82, 2.24) is 10.6 Å². The van der Waals surface area contributed by atoms with E-state index in [0.717, 1.165) is 12.8 Å². The van der Waals surface area contributed by atoms with Gasteiger partial charge in [0.15, 0.2) is 9.84 Å². The number of carbonyl (C=O) groups excluding carboxylic acids is 1. The minimum absolute atomic E-state index is 0.0218. The molecule has 5 nitrogen and oxygen atoms in total. The van der Waals surface area contributed by atoms with Crippen molar-refractivity contribution in [2.24, 2.45) is 5.92 Å². The predicted octanol–water partition coefficient (Wildman–Crippen LogP) is -0.466. The molecule has 0 saturated carbocycles. The van der Waals surface area contributed by atoms with Gasteiger partial charge in [0.1, 0.15) is 4.75 Å². The largest absolute Gasteiger partial charge is 0.350 e. The Kier molecular flexibility index (Phi) is 3.64. The second-order valence-electron chi connectivity index (χ2n) is 5.00. The molecule has 1 amide bonds. The van der Waals surface area contributed by atoms with Crippen LogP contribution in [0.4, 0.5) is 0 Å². The van der Waals surface area contributed by atoms with Gasteiger partial charge in [-0.3, -0.25) is 4.79 Å². The van der Waals surface area contributed by atoms with Crippen molar-refractivity contribution in [2.45, 2.75) is 31.6 Å². The van der Waals surface area contributed by atoms with Gasteiger partial charge in [0.25, 0.3) is 0 Å². The molecular weight excluding hydrogens is 228 g/mol. The average molecular weight is 248 g/mol. The fraction of sp³-hybridized carbons (Fsp3) is 0.900. The highest BCUT2D eigenvalue weighted by atomic mass is 32.2. The summed E-state index contributed by atoms with van der Waals surface area (Å²) in [4.78, 5) is 11.9. The Morgan fingerprint density at radius 3 is 2.31 bits per heavy atom. The normalized spacial score (nSPS) is 26.8. The zero-order valence-electron chi connectivity index (χ0n) is 10.2. The topological polar surface area (TPSA) is 75.3 Å². The van der Waals surface area contributed by atoms with Crippen LogP contribution in [-0.4, -0.2) is 44.5 Å². The van der Waals surface area contributed by atoms with E-state index < -0.39 is 20.5 Å². The predicted molar refractivity (Wildman–Crippen MR) is 62.9 cm³/mol. The van der Waals surface area contributed by atoms with Gasteiger partial charge in [-0.05, 0) is 26.3 Å². The van der Waals surface area contributed by atoms with Crippen molar-refractivity contribution in [2.75, 3.05) is 19.3 Å². The molecule has 2 N–H and O–H groups in total. The number of rotatable bonds is 3. The number of nitrogens with one attached hydrogen (secondary N) is 2. The van der Waals surface area contributed by atoms with Crippen molar-refractivity contribution in [1.29, 1.82) is 0 Å². The van der Waals surface area contributed by atoms with Crippen molar-refractivity contribution < 1.29 is 13.2 Å². The van der Waals surface area contributed by atoms with Crippen LogP contribution in [0, 0.1) is 5.92 Å². The molecular formula is C10H20N2O3S. The summed E-state index contributed by atoms with van der Waals surface area (Å²) in [7, 11) is -3.39. The summed E-state index contributed by atoms with van der Waals surface area (Å²) >= 11 is 0. The number of sulfone groups is 1. The van der Waals surface area contributed by atoms with Crippen LogP contribution in [0.25, 0.3) is 0 Å². The fourth-order valence-electron chi connectivity index (χ4n) is 1.51. The smallest absolute Gasteiger partial charge is 0.241 e. The van der Waals surface area contributed by atoms with Crippen molar-refractivity contribution in [3.8, 4) is 0 Å². The Hall–Kier alpha value is -0.620. The van der Waals surface area contributed by atoms with Gasteiger partial charge in [-0.1, -0.05) is 6.92 Å². The van der Waals surface area contributed by atoms with Gasteiger partial charge >= 0.3 is 0 Å². The van der Waals surface area contributed by atoms with Crippen molar-refractivity contribution in [3.05, 3.63) is 0 Å². The molecule has 94 valence electrons. The van der Waals surface area contributed by atoms with Gasteiger partial charge in [-0.25, -0.2) is 8.42 Å². The second-order valence-corrected chi connectivity index (χ2v) is 7.56. The van der Waals surface area contributed by atoms with E-state index in [1.165, 1.54) is 13.8 Å². The maximum Gasteiger partial charge on any atom is 0.241 e. The Labute approximate surface area is 96.9 Å². The summed E-state index contributed by atoms with van der Waals surface area (Å²) in [5, 5.41) is 5.95. The van der Waals surface area contributed by atoms with E-state index in [2.05, 4.69) is 10.6 Å². The van der Waals surface area contributed by atoms with E-state index in [1.54, 1.807) is 0 Å². The fourth-order valence-corrected chi connectivity index (χ4v) is 1.91. The van der Waals surface area contributed by atoms with Crippen LogP contribution in [0.3, 0.4) is 0 Å². The van der Waals surface area contributed by atoms with E-state index in [0.29, 0.717) is 12.5 Å². The molecule has 1 fully saturated rings. The number of hydrogen-bond donors (Lipinski definition) is 2. The van der Waals surface area contributed by atoms with Crippen molar-refractivity contribution >= 4 is 15.7 Å². The molecule has 0 radical (unpaired) electrons. The van der Waals surface area contributed by atoms with Crippen LogP contribution in [0.1, 0.15) is 20.8 Å². The lowest BCUT2D eigenvalue weighted by Crippen LogP contribution is -2.52. The lowest BCUT2D eigenvalue weighted by molar-refractivity contribution is -0.123. The molecule has 1 aliphatic heterocycles. The molecule has 16 heavy (non-hydrogen) atoms. The van der Waals surface area contributed by atoms with Crippen LogP contribution in [0.2, 0.25) is 0 Å². The maximum absolute atomic E-state index is 11.9. The lowest BCUT2D eigenvalue weighted by Gasteiger charge is -2.25. The van der Waals surface area contributed by atoms with Crippen LogP contribution >= 0.6 is 0 Å². The number of carbonyl (C=O) groups is 1. The van der Waals surface area contributed by atoms with Gasteiger partial charge in [-0.2, -0.15) is 0 Å². The lowest BCUT2D eigenvalue weighted by atomic mass is 10.1. The summed E-state index contributed by atoms with van der Waals surface area (Å²) in [6.07, 6.45) is 1.09. The second kappa shape index (κ2) is 4.33. The van der Waals surface area contributed by atoms with Crippen LogP contribution < -0.4 is 10.6 Å². The first-order valence-electron chi connectivity index (χ1n) is 5.37. The third-order valence-electron chi connectivity index (χ3n) is 3.31.